The van der Waals surface area contributed by atoms with Gasteiger partial charge in [0, 0.05) is 36.6 Å². The maximum atomic E-state index is 12.2. The number of benzene rings is 2. The highest BCUT2D eigenvalue weighted by Crippen LogP contribution is 2.43. The summed E-state index contributed by atoms with van der Waals surface area (Å²) in [5, 5.41) is 3.90. The van der Waals surface area contributed by atoms with Crippen molar-refractivity contribution in [1.82, 2.24) is 5.01 Å². The maximum absolute atomic E-state index is 12.2. The molecule has 0 heterocycles. The fourth-order valence-electron chi connectivity index (χ4n) is 3.74. The molecule has 176 valence electrons. The molecule has 33 heavy (non-hydrogen) atoms. The minimum Gasteiger partial charge on any atom is -0.489 e. The van der Waals surface area contributed by atoms with E-state index in [2.05, 4.69) is 16.4 Å². The van der Waals surface area contributed by atoms with Gasteiger partial charge in [0.05, 0.1) is 7.11 Å². The highest BCUT2D eigenvalue weighted by Gasteiger charge is 2.27. The van der Waals surface area contributed by atoms with Crippen LogP contribution in [-0.2, 0) is 11.3 Å². The van der Waals surface area contributed by atoms with Gasteiger partial charge in [-0.05, 0) is 73.6 Å². The average molecular weight is 452 g/mol. The molecule has 0 aliphatic heterocycles. The lowest BCUT2D eigenvalue weighted by Gasteiger charge is -2.19. The van der Waals surface area contributed by atoms with Crippen molar-refractivity contribution in [2.24, 2.45) is 16.6 Å². The van der Waals surface area contributed by atoms with E-state index >= 15 is 0 Å². The predicted molar refractivity (Wildman–Crippen MR) is 132 cm³/mol. The second-order valence-electron chi connectivity index (χ2n) is 8.23. The van der Waals surface area contributed by atoms with Crippen LogP contribution in [0.4, 0.5) is 10.5 Å². The molecule has 1 aliphatic carbocycles. The van der Waals surface area contributed by atoms with Gasteiger partial charge < -0.3 is 20.5 Å². The van der Waals surface area contributed by atoms with E-state index in [1.54, 1.807) is 14.2 Å². The number of carbonyl (C=O) groups excluding carboxylic acids is 1. The molecule has 3 rings (SSSR count). The molecule has 0 aromatic heterocycles. The van der Waals surface area contributed by atoms with Crippen molar-refractivity contribution in [1.29, 1.82) is 0 Å². The first-order valence-electron chi connectivity index (χ1n) is 10.9. The van der Waals surface area contributed by atoms with E-state index in [0.29, 0.717) is 29.8 Å². The number of nitrogens with one attached hydrogen (secondary N) is 1. The highest BCUT2D eigenvalue weighted by molar-refractivity contribution is 6.00. The molecule has 8 nitrogen and oxygen atoms in total. The van der Waals surface area contributed by atoms with Crippen LogP contribution in [0.2, 0.25) is 0 Å². The topological polar surface area (TPSA) is 115 Å². The number of aryl methyl sites for hydroxylation is 1. The van der Waals surface area contributed by atoms with Gasteiger partial charge in [0.15, 0.2) is 0 Å². The smallest absolute Gasteiger partial charge is 0.335 e. The normalized spacial score (nSPS) is 14.4. The van der Waals surface area contributed by atoms with Crippen molar-refractivity contribution >= 4 is 23.3 Å². The Morgan fingerprint density at radius 1 is 1.27 bits per heavy atom. The monoisotopic (exact) mass is 451 g/mol. The molecule has 5 N–H and O–H groups in total. The van der Waals surface area contributed by atoms with Gasteiger partial charge in [-0.3, -0.25) is 10.0 Å². The second-order valence-corrected chi connectivity index (χ2v) is 8.23. The number of carbonyl (C=O) groups is 1. The van der Waals surface area contributed by atoms with Crippen molar-refractivity contribution in [2.75, 3.05) is 26.5 Å². The van der Waals surface area contributed by atoms with Crippen LogP contribution in [0, 0.1) is 6.92 Å². The number of rotatable bonds is 7. The molecular formula is C25H33N5O3. The Bertz CT molecular complexity index is 1090. The lowest BCUT2D eigenvalue weighted by molar-refractivity contribution is 0.223. The summed E-state index contributed by atoms with van der Waals surface area (Å²) in [5.41, 5.74) is 12.4. The van der Waals surface area contributed by atoms with E-state index in [0.717, 1.165) is 45.9 Å². The van der Waals surface area contributed by atoms with Crippen LogP contribution in [-0.4, -0.2) is 38.1 Å². The Balaban J connectivity index is 1.84. The molecule has 0 unspecified atom stereocenters. The molecule has 0 radical (unpaired) electrons. The number of hydrogen-bond acceptors (Lipinski definition) is 6. The fourth-order valence-corrected chi connectivity index (χ4v) is 3.74. The van der Waals surface area contributed by atoms with Gasteiger partial charge in [-0.2, -0.15) is 0 Å². The standard InChI is InChI=1S/C25H33N5O3/c1-15-13-18(23(26)16(2)24(28-3)32-5)11-12-22(15)33-14-20-19(17-9-10-17)7-6-8-21(20)29-25(31)30(4)27/h6-8,11-13,17H,9-10,14,26-27H2,1-5H3,(H,29,31). The van der Waals surface area contributed by atoms with Crippen molar-refractivity contribution < 1.29 is 14.3 Å². The summed E-state index contributed by atoms with van der Waals surface area (Å²) in [4.78, 5) is 16.3. The van der Waals surface area contributed by atoms with Crippen molar-refractivity contribution in [3.05, 3.63) is 64.2 Å². The molecular weight excluding hydrogens is 418 g/mol. The van der Waals surface area contributed by atoms with E-state index in [-0.39, 0.29) is 6.03 Å². The van der Waals surface area contributed by atoms with Gasteiger partial charge in [0.2, 0.25) is 5.90 Å². The Morgan fingerprint density at radius 2 is 2.00 bits per heavy atom. The van der Waals surface area contributed by atoms with Crippen LogP contribution >= 0.6 is 0 Å². The van der Waals surface area contributed by atoms with Crippen LogP contribution in [0.25, 0.3) is 5.70 Å². The SMILES string of the molecule is CN=C(OC)C(C)=C(N)c1ccc(OCc2c(NC(=O)N(C)N)cccc2C2CC2)c(C)c1. The predicted octanol–water partition coefficient (Wildman–Crippen LogP) is 4.15. The van der Waals surface area contributed by atoms with Gasteiger partial charge in [-0.25, -0.2) is 10.6 Å². The summed E-state index contributed by atoms with van der Waals surface area (Å²) in [7, 11) is 4.74. The number of aliphatic imine (C=N–C) groups is 1. The largest absolute Gasteiger partial charge is 0.489 e. The first-order valence-corrected chi connectivity index (χ1v) is 10.9. The maximum Gasteiger partial charge on any atom is 0.335 e. The zero-order chi connectivity index (χ0) is 24.1. The fraction of sp³-hybridized carbons (Fsp3) is 0.360. The average Bonchev–Trinajstić information content (AvgIpc) is 3.64. The molecule has 1 aliphatic rings. The third-order valence-electron chi connectivity index (χ3n) is 5.77. The second kappa shape index (κ2) is 10.4. The Kier molecular flexibility index (Phi) is 7.60. The summed E-state index contributed by atoms with van der Waals surface area (Å²) in [6.07, 6.45) is 2.29. The van der Waals surface area contributed by atoms with Crippen LogP contribution < -0.4 is 21.6 Å². The first-order chi connectivity index (χ1) is 15.8. The molecule has 0 atom stereocenters. The van der Waals surface area contributed by atoms with Gasteiger partial charge in [-0.1, -0.05) is 12.1 Å². The molecule has 1 saturated carbocycles. The van der Waals surface area contributed by atoms with E-state index in [9.17, 15) is 4.79 Å². The van der Waals surface area contributed by atoms with Gasteiger partial charge in [0.25, 0.3) is 0 Å². The number of urea groups is 1. The van der Waals surface area contributed by atoms with Crippen molar-refractivity contribution in [3.8, 4) is 5.75 Å². The molecule has 0 spiro atoms. The quantitative estimate of drug-likeness (QED) is 0.192. The third kappa shape index (κ3) is 5.64. The molecule has 8 heteroatoms. The summed E-state index contributed by atoms with van der Waals surface area (Å²) in [6, 6.07) is 11.4. The molecule has 2 amide bonds. The van der Waals surface area contributed by atoms with Crippen LogP contribution in [0.3, 0.4) is 0 Å². The molecule has 0 saturated heterocycles. The molecule has 0 bridgehead atoms. The van der Waals surface area contributed by atoms with Gasteiger partial charge >= 0.3 is 6.03 Å². The van der Waals surface area contributed by atoms with E-state index in [1.807, 2.05) is 44.2 Å². The minimum atomic E-state index is -0.381. The van der Waals surface area contributed by atoms with Gasteiger partial charge in [-0.15, -0.1) is 0 Å². The summed E-state index contributed by atoms with van der Waals surface area (Å²) >= 11 is 0. The lowest BCUT2D eigenvalue weighted by Crippen LogP contribution is -2.37. The minimum absolute atomic E-state index is 0.331. The van der Waals surface area contributed by atoms with Crippen molar-refractivity contribution in [2.45, 2.75) is 39.2 Å². The van der Waals surface area contributed by atoms with E-state index in [4.69, 9.17) is 21.1 Å². The van der Waals surface area contributed by atoms with Crippen molar-refractivity contribution in [3.63, 3.8) is 0 Å². The number of amides is 2. The number of hydrazine groups is 1. The number of hydrogen-bond donors (Lipinski definition) is 3. The first kappa shape index (κ1) is 24.1. The number of nitrogens with zero attached hydrogens (tertiary/aromatic N) is 2. The summed E-state index contributed by atoms with van der Waals surface area (Å²) < 4.78 is 11.5. The lowest BCUT2D eigenvalue weighted by atomic mass is 10.0. The number of methoxy groups -OCH3 is 1. The number of anilines is 1. The number of nitrogens with two attached hydrogens (primary N) is 2. The highest BCUT2D eigenvalue weighted by atomic mass is 16.5. The Labute approximate surface area is 195 Å². The summed E-state index contributed by atoms with van der Waals surface area (Å²) in [5.74, 6) is 7.34. The molecule has 2 aromatic carbocycles. The van der Waals surface area contributed by atoms with Crippen LogP contribution in [0.1, 0.15) is 47.9 Å². The van der Waals surface area contributed by atoms with E-state index in [1.165, 1.54) is 12.6 Å². The zero-order valence-corrected chi connectivity index (χ0v) is 19.9. The third-order valence-corrected chi connectivity index (χ3v) is 5.77. The zero-order valence-electron chi connectivity index (χ0n) is 19.9. The Morgan fingerprint density at radius 3 is 2.58 bits per heavy atom. The summed E-state index contributed by atoms with van der Waals surface area (Å²) in [6.45, 7) is 4.19. The van der Waals surface area contributed by atoms with E-state index < -0.39 is 0 Å². The Hall–Kier alpha value is -3.52. The molecule has 2 aromatic rings. The van der Waals surface area contributed by atoms with Crippen LogP contribution in [0.5, 0.6) is 5.75 Å². The van der Waals surface area contributed by atoms with Crippen LogP contribution in [0.15, 0.2) is 47.0 Å². The van der Waals surface area contributed by atoms with Gasteiger partial charge in [0.1, 0.15) is 12.4 Å². The number of ether oxygens (including phenoxy) is 2. The molecule has 1 fully saturated rings.